The summed E-state index contributed by atoms with van der Waals surface area (Å²) in [6.07, 6.45) is 0. The quantitative estimate of drug-likeness (QED) is 0.0864. The molecule has 0 N–H and O–H groups in total. The van der Waals surface area contributed by atoms with Crippen molar-refractivity contribution in [3.63, 3.8) is 0 Å². The van der Waals surface area contributed by atoms with E-state index in [0.717, 1.165) is 85.1 Å². The number of nitrogens with zero attached hydrogens (tertiary/aromatic N) is 6. The first kappa shape index (κ1) is 86.9. The van der Waals surface area contributed by atoms with Crippen LogP contribution < -0.4 is 68.9 Å². The maximum Gasteiger partial charge on any atom is 2.00 e. The monoisotopic (exact) mass is 1410 g/mol. The first-order chi connectivity index (χ1) is 33.9. The van der Waals surface area contributed by atoms with Crippen LogP contribution in [0.25, 0.3) is 16.0 Å². The van der Waals surface area contributed by atoms with Crippen molar-refractivity contribution in [3.05, 3.63) is 226 Å². The summed E-state index contributed by atoms with van der Waals surface area (Å²) >= 11 is 0. The summed E-state index contributed by atoms with van der Waals surface area (Å²) in [7, 11) is 0. The average molecular weight is 1410 g/mol. The predicted molar refractivity (Wildman–Crippen MR) is 340 cm³/mol. The number of hydrogen-bond donors (Lipinski definition) is 0. The van der Waals surface area contributed by atoms with E-state index in [0.29, 0.717) is 0 Å². The van der Waals surface area contributed by atoms with Crippen molar-refractivity contribution in [2.45, 2.75) is 145 Å². The van der Waals surface area contributed by atoms with Gasteiger partial charge in [0.1, 0.15) is 0 Å². The molecule has 6 aromatic carbocycles. The second-order valence-electron chi connectivity index (χ2n) is 19.5. The second-order valence-corrected chi connectivity index (χ2v) is 19.5. The molecule has 0 heterocycles. The zero-order valence-electron chi connectivity index (χ0n) is 51.2. The van der Waals surface area contributed by atoms with E-state index in [1.807, 2.05) is 0 Å². The molecule has 0 unspecified atom stereocenters. The zero-order chi connectivity index (χ0) is 53.6. The van der Waals surface area contributed by atoms with Gasteiger partial charge in [0.15, 0.2) is 0 Å². The molecule has 80 heavy (non-hydrogen) atoms. The molecule has 0 spiro atoms. The summed E-state index contributed by atoms with van der Waals surface area (Å²) in [5.41, 5.74) is 30.2. The van der Waals surface area contributed by atoms with Gasteiger partial charge in [-0.15, -0.1) is 17.1 Å². The molecular weight excluding hydrogens is 1330 g/mol. The Balaban J connectivity index is -0.000000335. The number of para-hydroxylation sites is 6. The topological polar surface area (TPSA) is 79.4 Å². The van der Waals surface area contributed by atoms with Gasteiger partial charge in [0, 0.05) is 17.1 Å². The molecule has 0 aliphatic heterocycles. The van der Waals surface area contributed by atoms with Crippen molar-refractivity contribution in [2.24, 2.45) is 15.0 Å². The Hall–Kier alpha value is -1.87. The number of aryl methyl sites for hydroxylation is 12. The molecule has 0 saturated carbocycles. The van der Waals surface area contributed by atoms with E-state index in [9.17, 15) is 0 Å². The van der Waals surface area contributed by atoms with Crippen LogP contribution in [0.2, 0.25) is 0 Å². The Labute approximate surface area is 606 Å². The third-order valence-corrected chi connectivity index (χ3v) is 13.6. The fraction of sp³-hybridized carbons (Fsp3) is 0.318. The molecule has 426 valence electrons. The van der Waals surface area contributed by atoms with Gasteiger partial charge in [-0.3, -0.25) is 15.0 Å². The van der Waals surface area contributed by atoms with E-state index in [4.69, 9.17) is 30.9 Å². The Morgan fingerprint density at radius 3 is 0.550 bits per heavy atom. The second kappa shape index (κ2) is 42.0. The van der Waals surface area contributed by atoms with E-state index in [1.54, 1.807) is 0 Å². The molecule has 0 aromatic heterocycles. The Kier molecular flexibility index (Phi) is 45.7. The molecule has 0 fully saturated rings. The van der Waals surface area contributed by atoms with E-state index in [1.165, 1.54) is 66.8 Å². The van der Waals surface area contributed by atoms with Crippen molar-refractivity contribution in [2.75, 3.05) is 0 Å². The van der Waals surface area contributed by atoms with Gasteiger partial charge in [0.2, 0.25) is 0 Å². The molecule has 0 aliphatic rings. The van der Waals surface area contributed by atoms with Crippen LogP contribution in [-0.4, -0.2) is 17.1 Å². The zero-order valence-corrected chi connectivity index (χ0v) is 64.4. The summed E-state index contributed by atoms with van der Waals surface area (Å²) in [6.45, 7) is 43.9. The number of benzene rings is 6. The van der Waals surface area contributed by atoms with Crippen LogP contribution in [0.1, 0.15) is 129 Å². The van der Waals surface area contributed by atoms with Gasteiger partial charge in [-0.05, 0) is 175 Å². The third-order valence-electron chi connectivity index (χ3n) is 13.6. The molecule has 6 nitrogen and oxygen atoms in total. The molecule has 0 aliphatic carbocycles. The first-order valence-corrected chi connectivity index (χ1v) is 25.1. The van der Waals surface area contributed by atoms with Crippen molar-refractivity contribution in [3.8, 4) is 0 Å². The van der Waals surface area contributed by atoms with Crippen molar-refractivity contribution >= 4 is 91.7 Å². The SMILES string of the molecule is CC(=Nc1c(C)cccc1C)/C(C)=C(/C)[N-]c1c(C)cccc1C.CC(=Nc1c(C)cccc1C)/C(C)=C(/C)[N-]c1c(C)cccc1C.CC(=Nc1c(C)cccc1C)/C(C)=C(/C)[N-]c1c(C)cccc1C.[Cs+].[Fe+2].[Fe+2].[Fe+2].[Fe+2].[S-2].[S-2].[S-2]. The maximum atomic E-state index is 4.86. The molecule has 0 radical (unpaired) electrons. The van der Waals surface area contributed by atoms with Gasteiger partial charge >= 0.3 is 137 Å². The maximum absolute atomic E-state index is 4.86. The van der Waals surface area contributed by atoms with Crippen molar-refractivity contribution in [1.29, 1.82) is 0 Å². The van der Waals surface area contributed by atoms with Crippen LogP contribution in [0.5, 0.6) is 0 Å². The summed E-state index contributed by atoms with van der Waals surface area (Å²) in [4.78, 5) is 14.6. The Morgan fingerprint density at radius 1 is 0.263 bits per heavy atom. The minimum Gasteiger partial charge on any atom is -2.00 e. The molecular formula is C66H81CsFe4N6S3. The molecule has 0 amide bonds. The van der Waals surface area contributed by atoms with Crippen LogP contribution in [0, 0.1) is 83.1 Å². The van der Waals surface area contributed by atoms with E-state index in [2.05, 4.69) is 255 Å². The summed E-state index contributed by atoms with van der Waals surface area (Å²) < 4.78 is 0. The van der Waals surface area contributed by atoms with Crippen molar-refractivity contribution in [1.82, 2.24) is 0 Å². The minimum absolute atomic E-state index is 0. The molecule has 0 bridgehead atoms. The summed E-state index contributed by atoms with van der Waals surface area (Å²) in [5, 5.41) is 14.6. The standard InChI is InChI=1S/3C22H27N2.Cs.4Fe.3S/c3*1-14-10-8-11-15(2)21(14)23-19(6)18(5)20(7)24-22-16(3)12-9-13-17(22)4;;;;;;;;/h3*8-13H,1-7H3;;;;;;;;/q3*-1;+1;4*+2;3*-2/b3*19-18-,24-20?;;;;;;;;. The van der Waals surface area contributed by atoms with Gasteiger partial charge in [0.25, 0.3) is 0 Å². The number of hydrogen-bond acceptors (Lipinski definition) is 3. The van der Waals surface area contributed by atoms with Gasteiger partial charge in [-0.1, -0.05) is 163 Å². The average Bonchev–Trinajstić information content (AvgIpc) is 3.33. The summed E-state index contributed by atoms with van der Waals surface area (Å²) in [5.74, 6) is 0. The fourth-order valence-electron chi connectivity index (χ4n) is 8.19. The van der Waals surface area contributed by atoms with Gasteiger partial charge in [-0.25, -0.2) is 0 Å². The largest absolute Gasteiger partial charge is 2.00 e. The first-order valence-electron chi connectivity index (χ1n) is 25.1. The smallest absolute Gasteiger partial charge is 2.00 e. The normalized spacial score (nSPS) is 11.6. The summed E-state index contributed by atoms with van der Waals surface area (Å²) in [6, 6.07) is 37.7. The van der Waals surface area contributed by atoms with Gasteiger partial charge in [-0.2, -0.15) is 17.1 Å². The van der Waals surface area contributed by atoms with E-state index >= 15 is 0 Å². The predicted octanol–water partition coefficient (Wildman–Crippen LogP) is 18.0. The van der Waals surface area contributed by atoms with Crippen LogP contribution in [-0.2, 0) is 109 Å². The van der Waals surface area contributed by atoms with Gasteiger partial charge in [0.05, 0.1) is 17.1 Å². The fourth-order valence-corrected chi connectivity index (χ4v) is 8.19. The minimum atomic E-state index is 0. The Bertz CT molecular complexity index is 2690. The third kappa shape index (κ3) is 25.4. The number of allylic oxidation sites excluding steroid dienone is 6. The molecule has 14 heteroatoms. The number of rotatable bonds is 12. The number of aliphatic imine (C=N–C) groups is 3. The van der Waals surface area contributed by atoms with Gasteiger partial charge < -0.3 is 56.4 Å². The molecule has 6 aromatic rings. The molecule has 6 rings (SSSR count). The van der Waals surface area contributed by atoms with Crippen molar-refractivity contribution < 1.29 is 137 Å². The van der Waals surface area contributed by atoms with E-state index < -0.39 is 0 Å². The Morgan fingerprint density at radius 2 is 0.400 bits per heavy atom. The van der Waals surface area contributed by atoms with Crippen LogP contribution in [0.4, 0.5) is 34.1 Å². The van der Waals surface area contributed by atoms with Crippen LogP contribution >= 0.6 is 0 Å². The van der Waals surface area contributed by atoms with Crippen LogP contribution in [0.15, 0.2) is 158 Å². The molecule has 0 atom stereocenters. The van der Waals surface area contributed by atoms with E-state index in [-0.39, 0.29) is 178 Å². The molecule has 0 saturated heterocycles. The van der Waals surface area contributed by atoms with Crippen LogP contribution in [0.3, 0.4) is 0 Å².